The molecule has 2 atom stereocenters. The third-order valence-electron chi connectivity index (χ3n) is 4.50. The van der Waals surface area contributed by atoms with Crippen LogP contribution in [0.3, 0.4) is 0 Å². The number of hydrogen-bond donors (Lipinski definition) is 1. The molecule has 0 bridgehead atoms. The van der Waals surface area contributed by atoms with Crippen molar-refractivity contribution < 1.29 is 14.6 Å². The maximum Gasteiger partial charge on any atom is 0.119 e. The summed E-state index contributed by atoms with van der Waals surface area (Å²) in [6, 6.07) is 12.2. The summed E-state index contributed by atoms with van der Waals surface area (Å²) in [4.78, 5) is 6.28. The van der Waals surface area contributed by atoms with Crippen LogP contribution in [0, 0.1) is 0 Å². The summed E-state index contributed by atoms with van der Waals surface area (Å²) in [7, 11) is 1.73. The van der Waals surface area contributed by atoms with E-state index in [9.17, 15) is 5.11 Å². The predicted molar refractivity (Wildman–Crippen MR) is 91.7 cm³/mol. The van der Waals surface area contributed by atoms with Crippen LogP contribution in [-0.2, 0) is 17.9 Å². The Kier molecular flexibility index (Phi) is 5.80. The fourth-order valence-corrected chi connectivity index (χ4v) is 3.06. The maximum atomic E-state index is 9.53. The fraction of sp³-hybridized carbons (Fsp3) is 0.421. The molecule has 24 heavy (non-hydrogen) atoms. The SMILES string of the molecule is CO[C@@H]1C[C@@H](CO)N(Cc2ccc(OCc3ccncc3)cc2)C1. The lowest BCUT2D eigenvalue weighted by molar-refractivity contribution is 0.107. The molecule has 1 fully saturated rings. The van der Waals surface area contributed by atoms with E-state index in [4.69, 9.17) is 9.47 Å². The van der Waals surface area contributed by atoms with Crippen LogP contribution in [-0.4, -0.2) is 47.4 Å². The van der Waals surface area contributed by atoms with Gasteiger partial charge in [-0.15, -0.1) is 0 Å². The van der Waals surface area contributed by atoms with Gasteiger partial charge in [-0.3, -0.25) is 9.88 Å². The lowest BCUT2D eigenvalue weighted by atomic mass is 10.2. The number of pyridine rings is 1. The number of nitrogens with zero attached hydrogens (tertiary/aromatic N) is 2. The molecule has 3 rings (SSSR count). The average Bonchev–Trinajstić information content (AvgIpc) is 3.04. The number of likely N-dealkylation sites (tertiary alicyclic amines) is 1. The number of rotatable bonds is 7. The van der Waals surface area contributed by atoms with Crippen LogP contribution in [0.15, 0.2) is 48.8 Å². The van der Waals surface area contributed by atoms with E-state index in [1.54, 1.807) is 19.5 Å². The van der Waals surface area contributed by atoms with Gasteiger partial charge >= 0.3 is 0 Å². The number of aromatic nitrogens is 1. The number of hydrogen-bond acceptors (Lipinski definition) is 5. The zero-order chi connectivity index (χ0) is 16.8. The largest absolute Gasteiger partial charge is 0.489 e. The lowest BCUT2D eigenvalue weighted by Crippen LogP contribution is -2.31. The Morgan fingerprint density at radius 3 is 2.54 bits per heavy atom. The van der Waals surface area contributed by atoms with Crippen molar-refractivity contribution in [2.45, 2.75) is 31.7 Å². The number of aliphatic hydroxyl groups excluding tert-OH is 1. The average molecular weight is 328 g/mol. The molecular formula is C19H24N2O3. The number of benzene rings is 1. The third-order valence-corrected chi connectivity index (χ3v) is 4.50. The summed E-state index contributed by atoms with van der Waals surface area (Å²) in [5, 5.41) is 9.53. The zero-order valence-electron chi connectivity index (χ0n) is 14.0. The van der Waals surface area contributed by atoms with Gasteiger partial charge in [0.2, 0.25) is 0 Å². The van der Waals surface area contributed by atoms with Gasteiger partial charge in [-0.25, -0.2) is 0 Å². The Labute approximate surface area is 142 Å². The molecule has 2 heterocycles. The zero-order valence-corrected chi connectivity index (χ0v) is 14.0. The molecule has 0 amide bonds. The third kappa shape index (κ3) is 4.32. The smallest absolute Gasteiger partial charge is 0.119 e. The molecule has 0 aliphatic carbocycles. The molecule has 0 spiro atoms. The van der Waals surface area contributed by atoms with Gasteiger partial charge in [0.1, 0.15) is 12.4 Å². The first-order chi connectivity index (χ1) is 11.8. The minimum absolute atomic E-state index is 0.174. The standard InChI is InChI=1S/C19H24N2O3/c1-23-19-10-17(13-22)21(12-19)11-15-2-4-18(5-3-15)24-14-16-6-8-20-9-7-16/h2-9,17,19,22H,10-14H2,1H3/t17-,19+/m0/s1. The van der Waals surface area contributed by atoms with Crippen molar-refractivity contribution in [2.24, 2.45) is 0 Å². The molecule has 2 aromatic rings. The second-order valence-corrected chi connectivity index (χ2v) is 6.15. The topological polar surface area (TPSA) is 54.8 Å². The Morgan fingerprint density at radius 1 is 1.12 bits per heavy atom. The summed E-state index contributed by atoms with van der Waals surface area (Å²) in [6.45, 7) is 2.39. The molecule has 1 aliphatic rings. The Hall–Kier alpha value is -1.95. The van der Waals surface area contributed by atoms with Crippen LogP contribution in [0.25, 0.3) is 0 Å². The number of methoxy groups -OCH3 is 1. The van der Waals surface area contributed by atoms with Crippen molar-refractivity contribution >= 4 is 0 Å². The summed E-state index contributed by atoms with van der Waals surface area (Å²) in [5.41, 5.74) is 2.31. The summed E-state index contributed by atoms with van der Waals surface area (Å²) >= 11 is 0. The van der Waals surface area contributed by atoms with Gasteiger partial charge in [0.25, 0.3) is 0 Å². The highest BCUT2D eigenvalue weighted by atomic mass is 16.5. The molecule has 0 saturated carbocycles. The van der Waals surface area contributed by atoms with E-state index in [0.29, 0.717) is 6.61 Å². The molecule has 0 radical (unpaired) electrons. The highest BCUT2D eigenvalue weighted by Crippen LogP contribution is 2.23. The van der Waals surface area contributed by atoms with E-state index < -0.39 is 0 Å². The second kappa shape index (κ2) is 8.24. The van der Waals surface area contributed by atoms with E-state index in [1.807, 2.05) is 24.3 Å². The minimum Gasteiger partial charge on any atom is -0.489 e. The molecule has 1 aromatic heterocycles. The van der Waals surface area contributed by atoms with Crippen LogP contribution in [0.5, 0.6) is 5.75 Å². The molecule has 0 unspecified atom stereocenters. The lowest BCUT2D eigenvalue weighted by Gasteiger charge is -2.22. The predicted octanol–water partition coefficient (Wildman–Crippen LogP) is 2.24. The molecule has 1 aliphatic heterocycles. The molecule has 1 N–H and O–H groups in total. The highest BCUT2D eigenvalue weighted by Gasteiger charge is 2.31. The molecule has 128 valence electrons. The summed E-state index contributed by atoms with van der Waals surface area (Å²) < 4.78 is 11.2. The number of ether oxygens (including phenoxy) is 2. The highest BCUT2D eigenvalue weighted by molar-refractivity contribution is 5.27. The van der Waals surface area contributed by atoms with Crippen LogP contribution < -0.4 is 4.74 Å². The van der Waals surface area contributed by atoms with Gasteiger partial charge in [-0.2, -0.15) is 0 Å². The van der Waals surface area contributed by atoms with E-state index in [-0.39, 0.29) is 18.8 Å². The van der Waals surface area contributed by atoms with Gasteiger partial charge in [0, 0.05) is 38.6 Å². The first-order valence-electron chi connectivity index (χ1n) is 8.27. The minimum atomic E-state index is 0.174. The van der Waals surface area contributed by atoms with Gasteiger partial charge in [0.05, 0.1) is 12.7 Å². The van der Waals surface area contributed by atoms with Crippen LogP contribution in [0.2, 0.25) is 0 Å². The first kappa shape index (κ1) is 16.9. The maximum absolute atomic E-state index is 9.53. The normalized spacial score (nSPS) is 21.1. The molecule has 1 aromatic carbocycles. The summed E-state index contributed by atoms with van der Waals surface area (Å²) in [6.07, 6.45) is 4.64. The van der Waals surface area contributed by atoms with Gasteiger partial charge in [-0.1, -0.05) is 12.1 Å². The fourth-order valence-electron chi connectivity index (χ4n) is 3.06. The molecule has 1 saturated heterocycles. The Balaban J connectivity index is 1.54. The quantitative estimate of drug-likeness (QED) is 0.845. The van der Waals surface area contributed by atoms with Crippen LogP contribution >= 0.6 is 0 Å². The van der Waals surface area contributed by atoms with E-state index in [1.165, 1.54) is 5.56 Å². The Bertz CT molecular complexity index is 618. The van der Waals surface area contributed by atoms with Crippen molar-refractivity contribution in [3.8, 4) is 5.75 Å². The molecular weight excluding hydrogens is 304 g/mol. The van der Waals surface area contributed by atoms with E-state index in [0.717, 1.165) is 30.8 Å². The van der Waals surface area contributed by atoms with Crippen molar-refractivity contribution in [3.05, 3.63) is 59.9 Å². The number of aliphatic hydroxyl groups is 1. The van der Waals surface area contributed by atoms with Crippen LogP contribution in [0.4, 0.5) is 0 Å². The van der Waals surface area contributed by atoms with E-state index >= 15 is 0 Å². The van der Waals surface area contributed by atoms with Gasteiger partial charge < -0.3 is 14.6 Å². The van der Waals surface area contributed by atoms with E-state index in [2.05, 4.69) is 22.0 Å². The van der Waals surface area contributed by atoms with Crippen LogP contribution in [0.1, 0.15) is 17.5 Å². The van der Waals surface area contributed by atoms with Crippen molar-refractivity contribution in [1.29, 1.82) is 0 Å². The van der Waals surface area contributed by atoms with Crippen molar-refractivity contribution in [2.75, 3.05) is 20.3 Å². The van der Waals surface area contributed by atoms with Gasteiger partial charge in [0.15, 0.2) is 0 Å². The van der Waals surface area contributed by atoms with Crippen molar-refractivity contribution in [1.82, 2.24) is 9.88 Å². The first-order valence-corrected chi connectivity index (χ1v) is 8.27. The van der Waals surface area contributed by atoms with Crippen molar-refractivity contribution in [3.63, 3.8) is 0 Å². The second-order valence-electron chi connectivity index (χ2n) is 6.15. The monoisotopic (exact) mass is 328 g/mol. The van der Waals surface area contributed by atoms with Gasteiger partial charge in [-0.05, 0) is 41.8 Å². The summed E-state index contributed by atoms with van der Waals surface area (Å²) in [5.74, 6) is 0.852. The molecule has 5 nitrogen and oxygen atoms in total. The molecule has 5 heteroatoms. The Morgan fingerprint density at radius 2 is 1.88 bits per heavy atom.